The fourth-order valence-electron chi connectivity index (χ4n) is 3.95. The maximum absolute atomic E-state index is 12.9. The number of halogens is 1. The van der Waals surface area contributed by atoms with Crippen LogP contribution in [0.25, 0.3) is 0 Å². The highest BCUT2D eigenvalue weighted by Crippen LogP contribution is 2.39. The highest BCUT2D eigenvalue weighted by atomic mass is 35.5. The van der Waals surface area contributed by atoms with Crippen molar-refractivity contribution in [2.45, 2.75) is 44.6 Å². The monoisotopic (exact) mass is 449 g/mol. The van der Waals surface area contributed by atoms with Crippen LogP contribution >= 0.6 is 11.6 Å². The van der Waals surface area contributed by atoms with E-state index in [2.05, 4.69) is 10.6 Å². The number of methoxy groups -OCH3 is 1. The predicted molar refractivity (Wildman–Crippen MR) is 117 cm³/mol. The van der Waals surface area contributed by atoms with Crippen LogP contribution in [-0.2, 0) is 4.79 Å². The topological polar surface area (TPSA) is 102 Å². The first-order valence-corrected chi connectivity index (χ1v) is 10.7. The van der Waals surface area contributed by atoms with Crippen molar-refractivity contribution in [1.29, 1.82) is 0 Å². The van der Waals surface area contributed by atoms with Crippen molar-refractivity contribution >= 4 is 23.5 Å². The normalized spacial score (nSPS) is 15.2. The number of aromatic hydroxyl groups is 1. The second kappa shape index (κ2) is 10.4. The van der Waals surface area contributed by atoms with E-state index in [-0.39, 0.29) is 5.88 Å². The van der Waals surface area contributed by atoms with Crippen molar-refractivity contribution in [2.75, 3.05) is 14.2 Å². The number of ether oxygens (including phenoxy) is 2. The summed E-state index contributed by atoms with van der Waals surface area (Å²) >= 11 is 6.29. The fraction of sp³-hybridized carbons (Fsp3) is 0.455. The predicted octanol–water partition coefficient (Wildman–Crippen LogP) is 4.62. The lowest BCUT2D eigenvalue weighted by Crippen LogP contribution is -2.42. The molecule has 1 saturated carbocycles. The van der Waals surface area contributed by atoms with Gasteiger partial charge in [0, 0.05) is 13.1 Å². The van der Waals surface area contributed by atoms with E-state index in [4.69, 9.17) is 21.1 Å². The summed E-state index contributed by atoms with van der Waals surface area (Å²) in [6, 6.07) is 5.19. The molecule has 0 aliphatic heterocycles. The molecule has 0 radical (unpaired) electrons. The number of carbonyl (C=O) groups excluding carboxylic acids is 2. The first-order valence-electron chi connectivity index (χ1n) is 10.4. The van der Waals surface area contributed by atoms with Crippen molar-refractivity contribution in [3.8, 4) is 23.1 Å². The van der Waals surface area contributed by atoms with Crippen LogP contribution in [0.4, 0.5) is 4.79 Å². The number of rotatable bonds is 7. The molecule has 31 heavy (non-hydrogen) atoms. The van der Waals surface area contributed by atoms with Gasteiger partial charge in [-0.05, 0) is 24.5 Å². The lowest BCUT2D eigenvalue weighted by Gasteiger charge is -2.27. The van der Waals surface area contributed by atoms with Gasteiger partial charge >= 0.3 is 6.03 Å². The average Bonchev–Trinajstić information content (AvgIpc) is 3.13. The summed E-state index contributed by atoms with van der Waals surface area (Å²) in [6.45, 7) is 0. The van der Waals surface area contributed by atoms with E-state index in [1.807, 2.05) is 0 Å². The average molecular weight is 450 g/mol. The molecule has 3 rings (SSSR count). The highest BCUT2D eigenvalue weighted by molar-refractivity contribution is 6.33. The van der Waals surface area contributed by atoms with Crippen LogP contribution in [0.3, 0.4) is 0 Å². The van der Waals surface area contributed by atoms with Crippen molar-refractivity contribution in [3.05, 3.63) is 35.5 Å². The molecular formula is C22H28ClN3O5. The van der Waals surface area contributed by atoms with Gasteiger partial charge in [-0.25, -0.2) is 4.79 Å². The van der Waals surface area contributed by atoms with Crippen LogP contribution < -0.4 is 20.1 Å². The summed E-state index contributed by atoms with van der Waals surface area (Å²) in [5, 5.41) is 15.6. The van der Waals surface area contributed by atoms with E-state index in [1.54, 1.807) is 24.4 Å². The van der Waals surface area contributed by atoms with Gasteiger partial charge in [0.2, 0.25) is 0 Å². The fourth-order valence-corrected chi connectivity index (χ4v) is 4.19. The molecule has 9 heteroatoms. The molecule has 1 unspecified atom stereocenters. The second-order valence-electron chi connectivity index (χ2n) is 7.64. The number of hydrogen-bond donors (Lipinski definition) is 3. The van der Waals surface area contributed by atoms with Crippen LogP contribution in [0, 0.1) is 5.92 Å². The van der Waals surface area contributed by atoms with Gasteiger partial charge in [0.05, 0.1) is 13.3 Å². The van der Waals surface area contributed by atoms with Crippen molar-refractivity contribution < 1.29 is 24.2 Å². The summed E-state index contributed by atoms with van der Waals surface area (Å²) in [5.41, 5.74) is 0. The first-order chi connectivity index (χ1) is 14.9. The molecule has 0 saturated heterocycles. The van der Waals surface area contributed by atoms with Crippen LogP contribution in [0.2, 0.25) is 5.02 Å². The van der Waals surface area contributed by atoms with Crippen LogP contribution in [0.5, 0.6) is 23.1 Å². The lowest BCUT2D eigenvalue weighted by molar-refractivity contribution is -0.124. The summed E-state index contributed by atoms with van der Waals surface area (Å²) in [7, 11) is 2.95. The van der Waals surface area contributed by atoms with E-state index < -0.39 is 18.0 Å². The van der Waals surface area contributed by atoms with E-state index in [0.717, 1.165) is 25.7 Å². The molecular weight excluding hydrogens is 422 g/mol. The summed E-state index contributed by atoms with van der Waals surface area (Å²) in [4.78, 5) is 24.6. The zero-order valence-corrected chi connectivity index (χ0v) is 18.4. The van der Waals surface area contributed by atoms with Crippen molar-refractivity contribution in [2.24, 2.45) is 5.92 Å². The molecule has 1 aromatic heterocycles. The molecule has 1 aromatic carbocycles. The number of nitrogens with one attached hydrogen (secondary N) is 2. The van der Waals surface area contributed by atoms with Crippen LogP contribution in [0.15, 0.2) is 30.5 Å². The molecule has 1 aliphatic carbocycles. The van der Waals surface area contributed by atoms with Crippen LogP contribution in [-0.4, -0.2) is 35.8 Å². The SMILES string of the molecule is CNC(=O)NC(=O)C(CC1CCCCC1)n1cc(Oc2cccc(OC)c2Cl)cc1O. The molecule has 3 N–H and O–H groups in total. The Morgan fingerprint density at radius 1 is 1.26 bits per heavy atom. The quantitative estimate of drug-likeness (QED) is 0.572. The molecule has 3 amide bonds. The number of amides is 3. The van der Waals surface area contributed by atoms with E-state index >= 15 is 0 Å². The standard InChI is InChI=1S/C22H28ClN3O5/c1-24-22(29)25-21(28)16(11-14-7-4-3-5-8-14)26-13-15(12-19(26)27)31-18-10-6-9-17(30-2)20(18)23/h6,9-10,12-14,16,27H,3-5,7-8,11H2,1-2H3,(H2,24,25,28,29). The van der Waals surface area contributed by atoms with E-state index in [9.17, 15) is 14.7 Å². The maximum Gasteiger partial charge on any atom is 0.321 e. The number of hydrogen-bond acceptors (Lipinski definition) is 5. The molecule has 1 fully saturated rings. The molecule has 8 nitrogen and oxygen atoms in total. The molecule has 1 heterocycles. The van der Waals surface area contributed by atoms with Gasteiger partial charge in [-0.1, -0.05) is 49.8 Å². The minimum atomic E-state index is -0.751. The number of aromatic nitrogens is 1. The first kappa shape index (κ1) is 22.8. The molecule has 1 aliphatic rings. The number of urea groups is 1. The van der Waals surface area contributed by atoms with Gasteiger partial charge in [0.1, 0.15) is 28.3 Å². The van der Waals surface area contributed by atoms with Gasteiger partial charge in [-0.15, -0.1) is 0 Å². The molecule has 0 bridgehead atoms. The Balaban J connectivity index is 1.85. The lowest BCUT2D eigenvalue weighted by atomic mass is 9.84. The van der Waals surface area contributed by atoms with Gasteiger partial charge in [-0.2, -0.15) is 0 Å². The van der Waals surface area contributed by atoms with Crippen molar-refractivity contribution in [1.82, 2.24) is 15.2 Å². The Kier molecular flexibility index (Phi) is 7.68. The summed E-state index contributed by atoms with van der Waals surface area (Å²) in [6.07, 6.45) is 7.54. The smallest absolute Gasteiger partial charge is 0.321 e. The zero-order valence-electron chi connectivity index (χ0n) is 17.7. The molecule has 168 valence electrons. The van der Waals surface area contributed by atoms with Gasteiger partial charge < -0.3 is 24.5 Å². The Labute approximate surface area is 186 Å². The number of carbonyl (C=O) groups is 2. The maximum atomic E-state index is 12.9. The summed E-state index contributed by atoms with van der Waals surface area (Å²) < 4.78 is 12.5. The zero-order chi connectivity index (χ0) is 22.4. The van der Waals surface area contributed by atoms with Gasteiger partial charge in [-0.3, -0.25) is 10.1 Å². The number of benzene rings is 1. The third-order valence-corrected chi connectivity index (χ3v) is 5.93. The number of nitrogens with zero attached hydrogens (tertiary/aromatic N) is 1. The summed E-state index contributed by atoms with van der Waals surface area (Å²) in [5.74, 6) is 0.852. The van der Waals surface area contributed by atoms with Crippen LogP contribution in [0.1, 0.15) is 44.6 Å². The minimum absolute atomic E-state index is 0.137. The van der Waals surface area contributed by atoms with Crippen molar-refractivity contribution in [3.63, 3.8) is 0 Å². The molecule has 2 aromatic rings. The van der Waals surface area contributed by atoms with Gasteiger partial charge in [0.15, 0.2) is 5.88 Å². The second-order valence-corrected chi connectivity index (χ2v) is 8.02. The Morgan fingerprint density at radius 2 is 1.97 bits per heavy atom. The largest absolute Gasteiger partial charge is 0.495 e. The molecule has 1 atom stereocenters. The Hall–Kier alpha value is -2.87. The highest BCUT2D eigenvalue weighted by Gasteiger charge is 2.29. The Morgan fingerprint density at radius 3 is 2.65 bits per heavy atom. The Bertz CT molecular complexity index is 924. The van der Waals surface area contributed by atoms with Gasteiger partial charge in [0.25, 0.3) is 5.91 Å². The molecule has 0 spiro atoms. The number of imide groups is 1. The third kappa shape index (κ3) is 5.64. The van der Waals surface area contributed by atoms with E-state index in [1.165, 1.54) is 31.2 Å². The minimum Gasteiger partial charge on any atom is -0.495 e. The third-order valence-electron chi connectivity index (χ3n) is 5.56. The van der Waals surface area contributed by atoms with E-state index in [0.29, 0.717) is 34.6 Å².